The quantitative estimate of drug-likeness (QED) is 0.737. The lowest BCUT2D eigenvalue weighted by molar-refractivity contribution is 0.102. The molecule has 0 aliphatic carbocycles. The predicted molar refractivity (Wildman–Crippen MR) is 103 cm³/mol. The first kappa shape index (κ1) is 16.5. The molecule has 0 saturated heterocycles. The summed E-state index contributed by atoms with van der Waals surface area (Å²) in [6.07, 6.45) is 1.64. The Morgan fingerprint density at radius 3 is 2.16 bits per heavy atom. The zero-order chi connectivity index (χ0) is 17.6. The molecule has 5 nitrogen and oxygen atoms in total. The van der Waals surface area contributed by atoms with Gasteiger partial charge < -0.3 is 15.5 Å². The largest absolute Gasteiger partial charge is 0.378 e. The van der Waals surface area contributed by atoms with E-state index >= 15 is 0 Å². The van der Waals surface area contributed by atoms with Crippen LogP contribution in [0.1, 0.15) is 10.4 Å². The molecule has 0 unspecified atom stereocenters. The number of benzene rings is 2. The second-order valence-corrected chi connectivity index (χ2v) is 5.82. The smallest absolute Gasteiger partial charge is 0.255 e. The molecule has 0 aliphatic heterocycles. The Balaban J connectivity index is 1.63. The molecule has 126 valence electrons. The number of hydrogen-bond donors (Lipinski definition) is 2. The van der Waals surface area contributed by atoms with Gasteiger partial charge in [-0.15, -0.1) is 0 Å². The molecule has 25 heavy (non-hydrogen) atoms. The molecule has 0 spiro atoms. The Morgan fingerprint density at radius 2 is 1.56 bits per heavy atom. The van der Waals surface area contributed by atoms with Gasteiger partial charge in [-0.05, 0) is 48.5 Å². The molecule has 0 atom stereocenters. The molecular formula is C20H20N4O. The highest BCUT2D eigenvalue weighted by Gasteiger charge is 2.05. The molecular weight excluding hydrogens is 312 g/mol. The van der Waals surface area contributed by atoms with Crippen LogP contribution in [0.2, 0.25) is 0 Å². The molecule has 2 N–H and O–H groups in total. The van der Waals surface area contributed by atoms with Crippen LogP contribution in [0.25, 0.3) is 0 Å². The van der Waals surface area contributed by atoms with Gasteiger partial charge in [0.1, 0.15) is 5.82 Å². The van der Waals surface area contributed by atoms with Crippen LogP contribution >= 0.6 is 0 Å². The van der Waals surface area contributed by atoms with Crippen molar-refractivity contribution in [3.63, 3.8) is 0 Å². The van der Waals surface area contributed by atoms with Crippen LogP contribution in [-0.2, 0) is 0 Å². The van der Waals surface area contributed by atoms with Gasteiger partial charge in [0.2, 0.25) is 0 Å². The number of rotatable bonds is 5. The van der Waals surface area contributed by atoms with Crippen molar-refractivity contribution >= 4 is 28.8 Å². The number of pyridine rings is 1. The fraction of sp³-hybridized carbons (Fsp3) is 0.100. The molecule has 3 aromatic rings. The number of nitrogens with zero attached hydrogens (tertiary/aromatic N) is 2. The minimum atomic E-state index is -0.151. The highest BCUT2D eigenvalue weighted by atomic mass is 16.1. The standard InChI is InChI=1S/C20H20N4O/c1-24(2)18-11-8-16(9-12-18)22-19-13-10-17(14-21-19)23-20(25)15-6-4-3-5-7-15/h3-14H,1-2H3,(H,21,22)(H,23,25). The Hall–Kier alpha value is -3.34. The second kappa shape index (κ2) is 7.49. The van der Waals surface area contributed by atoms with Crippen molar-refractivity contribution < 1.29 is 4.79 Å². The minimum Gasteiger partial charge on any atom is -0.378 e. The summed E-state index contributed by atoms with van der Waals surface area (Å²) in [4.78, 5) is 18.5. The van der Waals surface area contributed by atoms with Gasteiger partial charge in [-0.1, -0.05) is 18.2 Å². The summed E-state index contributed by atoms with van der Waals surface area (Å²) in [5.74, 6) is 0.567. The lowest BCUT2D eigenvalue weighted by atomic mass is 10.2. The summed E-state index contributed by atoms with van der Waals surface area (Å²) in [7, 11) is 4.01. The number of nitrogens with one attached hydrogen (secondary N) is 2. The van der Waals surface area contributed by atoms with Crippen LogP contribution in [0.3, 0.4) is 0 Å². The number of anilines is 4. The van der Waals surface area contributed by atoms with Crippen molar-refractivity contribution in [1.82, 2.24) is 4.98 Å². The van der Waals surface area contributed by atoms with E-state index in [0.717, 1.165) is 17.2 Å². The van der Waals surface area contributed by atoms with E-state index < -0.39 is 0 Å². The maximum Gasteiger partial charge on any atom is 0.255 e. The Labute approximate surface area is 147 Å². The monoisotopic (exact) mass is 332 g/mol. The highest BCUT2D eigenvalue weighted by Crippen LogP contribution is 2.20. The molecule has 0 saturated carbocycles. The van der Waals surface area contributed by atoms with Crippen molar-refractivity contribution in [3.05, 3.63) is 78.5 Å². The van der Waals surface area contributed by atoms with Gasteiger partial charge in [0.15, 0.2) is 0 Å². The average Bonchev–Trinajstić information content (AvgIpc) is 2.64. The van der Waals surface area contributed by atoms with Crippen molar-refractivity contribution in [2.24, 2.45) is 0 Å². The molecule has 1 amide bonds. The molecule has 3 rings (SSSR count). The third-order valence-electron chi connectivity index (χ3n) is 3.71. The van der Waals surface area contributed by atoms with Crippen LogP contribution in [-0.4, -0.2) is 25.0 Å². The second-order valence-electron chi connectivity index (χ2n) is 5.82. The topological polar surface area (TPSA) is 57.3 Å². The number of carbonyl (C=O) groups excluding carboxylic acids is 1. The first-order valence-electron chi connectivity index (χ1n) is 7.99. The molecule has 0 bridgehead atoms. The highest BCUT2D eigenvalue weighted by molar-refractivity contribution is 6.04. The van der Waals surface area contributed by atoms with Gasteiger partial charge in [0, 0.05) is 31.0 Å². The van der Waals surface area contributed by atoms with E-state index in [2.05, 4.69) is 15.6 Å². The van der Waals surface area contributed by atoms with Crippen molar-refractivity contribution in [3.8, 4) is 0 Å². The predicted octanol–water partition coefficient (Wildman–Crippen LogP) is 4.14. The van der Waals surface area contributed by atoms with Crippen LogP contribution in [0, 0.1) is 0 Å². The maximum atomic E-state index is 12.1. The fourth-order valence-corrected chi connectivity index (χ4v) is 2.33. The van der Waals surface area contributed by atoms with Gasteiger partial charge in [-0.3, -0.25) is 4.79 Å². The van der Waals surface area contributed by atoms with E-state index in [1.165, 1.54) is 0 Å². The van der Waals surface area contributed by atoms with Gasteiger partial charge >= 0.3 is 0 Å². The van der Waals surface area contributed by atoms with Gasteiger partial charge in [0.05, 0.1) is 11.9 Å². The number of hydrogen-bond acceptors (Lipinski definition) is 4. The number of carbonyl (C=O) groups is 1. The van der Waals surface area contributed by atoms with Gasteiger partial charge in [-0.25, -0.2) is 4.98 Å². The molecule has 5 heteroatoms. The van der Waals surface area contributed by atoms with Gasteiger partial charge in [0.25, 0.3) is 5.91 Å². The van der Waals surface area contributed by atoms with Crippen LogP contribution in [0.15, 0.2) is 72.9 Å². The molecule has 0 fully saturated rings. The van der Waals surface area contributed by atoms with Crippen molar-refractivity contribution in [2.75, 3.05) is 29.6 Å². The van der Waals surface area contributed by atoms with E-state index in [4.69, 9.17) is 0 Å². The summed E-state index contributed by atoms with van der Waals surface area (Å²) in [5.41, 5.74) is 3.37. The van der Waals surface area contributed by atoms with E-state index in [1.807, 2.05) is 73.6 Å². The van der Waals surface area contributed by atoms with E-state index in [-0.39, 0.29) is 5.91 Å². The summed E-state index contributed by atoms with van der Waals surface area (Å²) >= 11 is 0. The molecule has 1 heterocycles. The zero-order valence-corrected chi connectivity index (χ0v) is 14.2. The van der Waals surface area contributed by atoms with Gasteiger partial charge in [-0.2, -0.15) is 0 Å². The van der Waals surface area contributed by atoms with Crippen LogP contribution in [0.5, 0.6) is 0 Å². The normalized spacial score (nSPS) is 10.2. The SMILES string of the molecule is CN(C)c1ccc(Nc2ccc(NC(=O)c3ccccc3)cn2)cc1. The summed E-state index contributed by atoms with van der Waals surface area (Å²) < 4.78 is 0. The minimum absolute atomic E-state index is 0.151. The van der Waals surface area contributed by atoms with E-state index in [1.54, 1.807) is 18.3 Å². The first-order chi connectivity index (χ1) is 12.1. The lowest BCUT2D eigenvalue weighted by Crippen LogP contribution is -2.11. The third kappa shape index (κ3) is 4.35. The van der Waals surface area contributed by atoms with Crippen LogP contribution in [0.4, 0.5) is 22.9 Å². The summed E-state index contributed by atoms with van der Waals surface area (Å²) in [6, 6.07) is 20.8. The first-order valence-corrected chi connectivity index (χ1v) is 7.99. The zero-order valence-electron chi connectivity index (χ0n) is 14.2. The van der Waals surface area contributed by atoms with Crippen molar-refractivity contribution in [1.29, 1.82) is 0 Å². The summed E-state index contributed by atoms with van der Waals surface area (Å²) in [5, 5.41) is 6.07. The Kier molecular flexibility index (Phi) is 4.95. The molecule has 0 radical (unpaired) electrons. The molecule has 0 aliphatic rings. The number of aromatic nitrogens is 1. The fourth-order valence-electron chi connectivity index (χ4n) is 2.33. The average molecular weight is 332 g/mol. The van der Waals surface area contributed by atoms with E-state index in [9.17, 15) is 4.79 Å². The summed E-state index contributed by atoms with van der Waals surface area (Å²) in [6.45, 7) is 0. The maximum absolute atomic E-state index is 12.1. The molecule has 1 aromatic heterocycles. The molecule has 2 aromatic carbocycles. The third-order valence-corrected chi connectivity index (χ3v) is 3.71. The lowest BCUT2D eigenvalue weighted by Gasteiger charge is -2.13. The number of amides is 1. The van der Waals surface area contributed by atoms with E-state index in [0.29, 0.717) is 11.3 Å². The Bertz CT molecular complexity index is 828. The Morgan fingerprint density at radius 1 is 0.880 bits per heavy atom. The van der Waals surface area contributed by atoms with Crippen LogP contribution < -0.4 is 15.5 Å². The van der Waals surface area contributed by atoms with Crippen molar-refractivity contribution in [2.45, 2.75) is 0 Å².